The molecule has 0 saturated carbocycles. The highest BCUT2D eigenvalue weighted by Crippen LogP contribution is 2.32. The Balaban J connectivity index is 1.61. The third-order valence-electron chi connectivity index (χ3n) is 7.34. The number of nitrogens with zero attached hydrogens (tertiary/aromatic N) is 4. The third-order valence-corrected chi connectivity index (χ3v) is 7.34. The van der Waals surface area contributed by atoms with Crippen molar-refractivity contribution in [3.63, 3.8) is 0 Å². The fourth-order valence-electron chi connectivity index (χ4n) is 5.08. The topological polar surface area (TPSA) is 72.6 Å². The Morgan fingerprint density at radius 2 is 1.37 bits per heavy atom. The van der Waals surface area contributed by atoms with E-state index in [0.29, 0.717) is 25.2 Å². The molecule has 0 radical (unpaired) electrons. The van der Waals surface area contributed by atoms with Gasteiger partial charge in [-0.3, -0.25) is 4.57 Å². The third kappa shape index (κ3) is 6.80. The smallest absolute Gasteiger partial charge is 0.295 e. The van der Waals surface area contributed by atoms with Gasteiger partial charge in [0.1, 0.15) is 17.0 Å². The van der Waals surface area contributed by atoms with Gasteiger partial charge in [-0.15, -0.1) is 0 Å². The Kier molecular flexibility index (Phi) is 9.04. The van der Waals surface area contributed by atoms with Crippen LogP contribution < -0.4 is 14.4 Å². The minimum absolute atomic E-state index is 0.00791. The number of hydrogen-bond donors (Lipinski definition) is 1. The molecule has 0 amide bonds. The number of aryl methyl sites for hydroxylation is 1. The van der Waals surface area contributed by atoms with Gasteiger partial charge in [-0.2, -0.15) is 4.98 Å². The molecule has 5 rings (SSSR count). The van der Waals surface area contributed by atoms with E-state index in [9.17, 15) is 5.11 Å². The lowest BCUT2D eigenvalue weighted by molar-refractivity contribution is 0.409. The molecular formula is C34H38N4O3. The standard InChI is InChI=1S/C34H38N4O3/c1-4-5-7-12-28-21-31-32(36-34(39)38(31)24-25-10-8-6-9-11-25)33(35-28)37(22-26-13-17-29(40-2)18-14-26)23-27-15-19-30(41-3)20-16-27/h6,8-11,13-21H,4-5,7,12,22-24H2,1-3H3,(H,36,39). The van der Waals surface area contributed by atoms with Crippen molar-refractivity contribution < 1.29 is 14.6 Å². The Labute approximate surface area is 242 Å². The summed E-state index contributed by atoms with van der Waals surface area (Å²) in [7, 11) is 3.35. The molecular weight excluding hydrogens is 512 g/mol. The van der Waals surface area contributed by atoms with Crippen LogP contribution in [0.1, 0.15) is 48.6 Å². The number of fused-ring (bicyclic) bond motifs is 1. The molecule has 2 aromatic heterocycles. The van der Waals surface area contributed by atoms with Crippen LogP contribution in [-0.2, 0) is 26.1 Å². The fourth-order valence-corrected chi connectivity index (χ4v) is 5.08. The summed E-state index contributed by atoms with van der Waals surface area (Å²) >= 11 is 0. The molecule has 0 bridgehead atoms. The SMILES string of the molecule is CCCCCc1cc2c(nc(O)n2Cc2ccccc2)c(N(Cc2ccc(OC)cc2)Cc2ccc(OC)cc2)n1. The van der Waals surface area contributed by atoms with E-state index in [1.165, 1.54) is 0 Å². The maximum atomic E-state index is 11.1. The second-order valence-corrected chi connectivity index (χ2v) is 10.3. The molecule has 0 atom stereocenters. The van der Waals surface area contributed by atoms with Crippen molar-refractivity contribution in [1.29, 1.82) is 0 Å². The molecule has 2 heterocycles. The first-order chi connectivity index (χ1) is 20.1. The van der Waals surface area contributed by atoms with Gasteiger partial charge in [-0.25, -0.2) is 4.98 Å². The molecule has 0 aliphatic heterocycles. The number of aromatic hydroxyl groups is 1. The van der Waals surface area contributed by atoms with Crippen LogP contribution in [0.15, 0.2) is 84.9 Å². The van der Waals surface area contributed by atoms with E-state index in [1.807, 2.05) is 47.0 Å². The molecule has 1 N–H and O–H groups in total. The van der Waals surface area contributed by atoms with Crippen molar-refractivity contribution >= 4 is 16.9 Å². The second kappa shape index (κ2) is 13.2. The highest BCUT2D eigenvalue weighted by molar-refractivity contribution is 5.88. The van der Waals surface area contributed by atoms with Crippen molar-refractivity contribution in [2.24, 2.45) is 0 Å². The zero-order chi connectivity index (χ0) is 28.6. The summed E-state index contributed by atoms with van der Waals surface area (Å²) in [4.78, 5) is 12.1. The van der Waals surface area contributed by atoms with Crippen molar-refractivity contribution in [2.75, 3.05) is 19.1 Å². The number of imidazole rings is 1. The Bertz CT molecular complexity index is 1500. The number of rotatable bonds is 13. The van der Waals surface area contributed by atoms with Crippen LogP contribution in [0.4, 0.5) is 5.82 Å². The van der Waals surface area contributed by atoms with Gasteiger partial charge < -0.3 is 19.5 Å². The number of ether oxygens (including phenoxy) is 2. The average Bonchev–Trinajstić information content (AvgIpc) is 3.32. The van der Waals surface area contributed by atoms with Crippen molar-refractivity contribution in [3.8, 4) is 17.5 Å². The molecule has 0 saturated heterocycles. The van der Waals surface area contributed by atoms with Gasteiger partial charge in [0.25, 0.3) is 6.01 Å². The Morgan fingerprint density at radius 3 is 1.93 bits per heavy atom. The molecule has 0 spiro atoms. The normalized spacial score (nSPS) is 11.1. The monoisotopic (exact) mass is 550 g/mol. The van der Waals surface area contributed by atoms with Gasteiger partial charge in [-0.05, 0) is 59.9 Å². The van der Waals surface area contributed by atoms with Gasteiger partial charge in [0.2, 0.25) is 0 Å². The summed E-state index contributed by atoms with van der Waals surface area (Å²) in [5.74, 6) is 2.40. The molecule has 5 aromatic rings. The van der Waals surface area contributed by atoms with Crippen LogP contribution in [0.25, 0.3) is 11.0 Å². The van der Waals surface area contributed by atoms with Crippen molar-refractivity contribution in [2.45, 2.75) is 52.2 Å². The van der Waals surface area contributed by atoms with E-state index in [4.69, 9.17) is 14.5 Å². The van der Waals surface area contributed by atoms with Crippen LogP contribution in [0.3, 0.4) is 0 Å². The molecule has 0 aliphatic rings. The predicted molar refractivity (Wildman–Crippen MR) is 164 cm³/mol. The van der Waals surface area contributed by atoms with E-state index in [1.54, 1.807) is 14.2 Å². The summed E-state index contributed by atoms with van der Waals surface area (Å²) in [6.07, 6.45) is 4.21. The Morgan fingerprint density at radius 1 is 0.756 bits per heavy atom. The minimum atomic E-state index is -0.00791. The molecule has 0 aliphatic carbocycles. The highest BCUT2D eigenvalue weighted by atomic mass is 16.5. The zero-order valence-corrected chi connectivity index (χ0v) is 24.1. The number of pyridine rings is 1. The lowest BCUT2D eigenvalue weighted by Crippen LogP contribution is -2.24. The van der Waals surface area contributed by atoms with Crippen molar-refractivity contribution in [1.82, 2.24) is 14.5 Å². The van der Waals surface area contributed by atoms with Gasteiger partial charge in [-0.1, -0.05) is 74.4 Å². The van der Waals surface area contributed by atoms with Crippen LogP contribution in [0, 0.1) is 0 Å². The molecule has 0 unspecified atom stereocenters. The number of anilines is 1. The molecule has 7 heteroatoms. The lowest BCUT2D eigenvalue weighted by atomic mass is 10.1. The first-order valence-electron chi connectivity index (χ1n) is 14.2. The van der Waals surface area contributed by atoms with E-state index < -0.39 is 0 Å². The molecule has 212 valence electrons. The number of unbranched alkanes of at least 4 members (excludes halogenated alkanes) is 2. The fraction of sp³-hybridized carbons (Fsp3) is 0.294. The van der Waals surface area contributed by atoms with Crippen LogP contribution in [0.5, 0.6) is 17.5 Å². The van der Waals surface area contributed by atoms with Crippen LogP contribution in [-0.4, -0.2) is 33.9 Å². The summed E-state index contributed by atoms with van der Waals surface area (Å²) in [6, 6.07) is 28.5. The van der Waals surface area contributed by atoms with Crippen molar-refractivity contribution in [3.05, 3.63) is 107 Å². The zero-order valence-electron chi connectivity index (χ0n) is 24.1. The van der Waals surface area contributed by atoms with E-state index >= 15 is 0 Å². The van der Waals surface area contributed by atoms with Gasteiger partial charge in [0.15, 0.2) is 5.82 Å². The molecule has 3 aromatic carbocycles. The van der Waals surface area contributed by atoms with Crippen LogP contribution in [0.2, 0.25) is 0 Å². The summed E-state index contributed by atoms with van der Waals surface area (Å²) in [5.41, 5.74) is 5.93. The quantitative estimate of drug-likeness (QED) is 0.157. The first kappa shape index (κ1) is 28.0. The summed E-state index contributed by atoms with van der Waals surface area (Å²) < 4.78 is 12.7. The minimum Gasteiger partial charge on any atom is -0.497 e. The summed E-state index contributed by atoms with van der Waals surface area (Å²) in [5, 5.41) is 11.1. The molecule has 41 heavy (non-hydrogen) atoms. The lowest BCUT2D eigenvalue weighted by Gasteiger charge is -2.25. The van der Waals surface area contributed by atoms with Gasteiger partial charge in [0, 0.05) is 18.8 Å². The van der Waals surface area contributed by atoms with E-state index in [2.05, 4.69) is 59.3 Å². The maximum Gasteiger partial charge on any atom is 0.295 e. The van der Waals surface area contributed by atoms with Gasteiger partial charge in [0.05, 0.1) is 26.3 Å². The molecule has 0 fully saturated rings. The van der Waals surface area contributed by atoms with E-state index in [0.717, 1.165) is 70.9 Å². The van der Waals surface area contributed by atoms with E-state index in [-0.39, 0.29) is 6.01 Å². The number of hydrogen-bond acceptors (Lipinski definition) is 6. The second-order valence-electron chi connectivity index (χ2n) is 10.3. The average molecular weight is 551 g/mol. The predicted octanol–water partition coefficient (Wildman–Crippen LogP) is 7.14. The Hall–Kier alpha value is -4.52. The van der Waals surface area contributed by atoms with Crippen LogP contribution >= 0.6 is 0 Å². The number of benzene rings is 3. The summed E-state index contributed by atoms with van der Waals surface area (Å²) in [6.45, 7) is 3.96. The van der Waals surface area contributed by atoms with Gasteiger partial charge >= 0.3 is 0 Å². The maximum absolute atomic E-state index is 11.1. The largest absolute Gasteiger partial charge is 0.497 e. The first-order valence-corrected chi connectivity index (χ1v) is 14.2. The molecule has 7 nitrogen and oxygen atoms in total. The number of methoxy groups -OCH3 is 2. The highest BCUT2D eigenvalue weighted by Gasteiger charge is 2.21. The number of aromatic nitrogens is 3.